The number of rotatable bonds is 10. The number of aliphatic carboxylic acids is 1. The molecular formula is C18H19NO6S. The average molecular weight is 377 g/mol. The normalized spacial score (nSPS) is 12.7. The van der Waals surface area contributed by atoms with Crippen LogP contribution in [0.1, 0.15) is 12.0 Å². The summed E-state index contributed by atoms with van der Waals surface area (Å²) in [4.78, 5) is 27.6. The van der Waals surface area contributed by atoms with Gasteiger partial charge in [-0.3, -0.25) is 9.63 Å². The lowest BCUT2D eigenvalue weighted by molar-refractivity contribution is -0.150. The maximum absolute atomic E-state index is 12.8. The van der Waals surface area contributed by atoms with Crippen molar-refractivity contribution >= 4 is 22.3 Å². The van der Waals surface area contributed by atoms with Gasteiger partial charge in [0.1, 0.15) is 12.3 Å². The first-order valence-electron chi connectivity index (χ1n) is 7.88. The Kier molecular flexibility index (Phi) is 7.02. The number of benzene rings is 2. The summed E-state index contributed by atoms with van der Waals surface area (Å²) < 4.78 is 26.1. The third-order valence-corrected chi connectivity index (χ3v) is 5.26. The molecule has 0 fully saturated rings. The van der Waals surface area contributed by atoms with E-state index in [9.17, 15) is 18.0 Å². The summed E-state index contributed by atoms with van der Waals surface area (Å²) in [6.07, 6.45) is -0.0294. The number of nitrogens with zero attached hydrogens (tertiary/aromatic N) is 1. The van der Waals surface area contributed by atoms with Crippen LogP contribution in [-0.2, 0) is 30.9 Å². The summed E-state index contributed by atoms with van der Waals surface area (Å²) in [5.41, 5.74) is 0.922. The van der Waals surface area contributed by atoms with Crippen LogP contribution in [-0.4, -0.2) is 42.9 Å². The van der Waals surface area contributed by atoms with Gasteiger partial charge in [-0.05, 0) is 24.1 Å². The van der Waals surface area contributed by atoms with Gasteiger partial charge < -0.3 is 9.90 Å². The van der Waals surface area contributed by atoms with Crippen LogP contribution in [0.5, 0.6) is 0 Å². The highest BCUT2D eigenvalue weighted by molar-refractivity contribution is 7.89. The number of hydroxylamine groups is 1. The lowest BCUT2D eigenvalue weighted by Crippen LogP contribution is -2.43. The van der Waals surface area contributed by atoms with E-state index < -0.39 is 28.5 Å². The van der Waals surface area contributed by atoms with Crippen LogP contribution in [0.25, 0.3) is 0 Å². The molecule has 0 aliphatic carbocycles. The van der Waals surface area contributed by atoms with Gasteiger partial charge in [-0.15, -0.1) is 0 Å². The van der Waals surface area contributed by atoms with E-state index in [4.69, 9.17) is 9.94 Å². The van der Waals surface area contributed by atoms with Crippen molar-refractivity contribution in [3.05, 3.63) is 66.2 Å². The molecule has 1 atom stereocenters. The number of hydrogen-bond donors (Lipinski definition) is 1. The highest BCUT2D eigenvalue weighted by Gasteiger charge is 2.34. The zero-order chi connectivity index (χ0) is 19.0. The fourth-order valence-corrected chi connectivity index (χ4v) is 3.69. The molecule has 1 unspecified atom stereocenters. The fourth-order valence-electron chi connectivity index (χ4n) is 2.29. The van der Waals surface area contributed by atoms with Crippen molar-refractivity contribution in [2.45, 2.75) is 23.8 Å². The van der Waals surface area contributed by atoms with Crippen molar-refractivity contribution in [1.82, 2.24) is 4.47 Å². The van der Waals surface area contributed by atoms with Gasteiger partial charge in [0.25, 0.3) is 10.0 Å². The number of carboxylic acid groups (broad SMARTS) is 1. The van der Waals surface area contributed by atoms with Crippen molar-refractivity contribution in [2.75, 3.05) is 6.61 Å². The molecule has 0 bridgehead atoms. The Hall–Kier alpha value is -2.55. The van der Waals surface area contributed by atoms with Crippen LogP contribution < -0.4 is 0 Å². The third kappa shape index (κ3) is 5.22. The predicted octanol–water partition coefficient (Wildman–Crippen LogP) is 1.89. The Morgan fingerprint density at radius 1 is 1.08 bits per heavy atom. The Bertz CT molecular complexity index is 823. The molecule has 7 nitrogen and oxygen atoms in total. The highest BCUT2D eigenvalue weighted by atomic mass is 32.2. The van der Waals surface area contributed by atoms with Gasteiger partial charge >= 0.3 is 5.97 Å². The molecular weight excluding hydrogens is 358 g/mol. The SMILES string of the molecule is O=CC(CC(=O)O)N(OCCc1ccccc1)S(=O)(=O)c1ccccc1. The van der Waals surface area contributed by atoms with Crippen molar-refractivity contribution < 1.29 is 28.0 Å². The summed E-state index contributed by atoms with van der Waals surface area (Å²) >= 11 is 0. The minimum Gasteiger partial charge on any atom is -0.481 e. The number of hydrogen-bond acceptors (Lipinski definition) is 5. The van der Waals surface area contributed by atoms with Gasteiger partial charge in [-0.25, -0.2) is 8.42 Å². The fraction of sp³-hybridized carbons (Fsp3) is 0.222. The summed E-state index contributed by atoms with van der Waals surface area (Å²) in [5.74, 6) is -1.30. The zero-order valence-corrected chi connectivity index (χ0v) is 14.7. The number of carbonyl (C=O) groups is 2. The molecule has 1 N–H and O–H groups in total. The summed E-state index contributed by atoms with van der Waals surface area (Å²) in [6.45, 7) is -0.0277. The van der Waals surface area contributed by atoms with Crippen molar-refractivity contribution in [3.8, 4) is 0 Å². The first-order chi connectivity index (χ1) is 12.4. The molecule has 0 aliphatic rings. The molecule has 0 spiro atoms. The van der Waals surface area contributed by atoms with Gasteiger partial charge in [-0.2, -0.15) is 0 Å². The van der Waals surface area contributed by atoms with Crippen LogP contribution >= 0.6 is 0 Å². The Balaban J connectivity index is 2.23. The quantitative estimate of drug-likeness (QED) is 0.501. The Labute approximate surface area is 151 Å². The first-order valence-corrected chi connectivity index (χ1v) is 9.32. The van der Waals surface area contributed by atoms with E-state index in [1.54, 1.807) is 6.07 Å². The van der Waals surface area contributed by atoms with Crippen LogP contribution in [0.4, 0.5) is 0 Å². The molecule has 2 aromatic rings. The van der Waals surface area contributed by atoms with Crippen LogP contribution in [0.2, 0.25) is 0 Å². The van der Waals surface area contributed by atoms with E-state index >= 15 is 0 Å². The lowest BCUT2D eigenvalue weighted by Gasteiger charge is -2.25. The smallest absolute Gasteiger partial charge is 0.305 e. The van der Waals surface area contributed by atoms with E-state index in [2.05, 4.69) is 0 Å². The summed E-state index contributed by atoms with van der Waals surface area (Å²) in [5, 5.41) is 8.97. The van der Waals surface area contributed by atoms with Crippen molar-refractivity contribution in [3.63, 3.8) is 0 Å². The minimum atomic E-state index is -4.20. The molecule has 0 amide bonds. The molecule has 138 valence electrons. The monoisotopic (exact) mass is 377 g/mol. The number of carboxylic acids is 1. The van der Waals surface area contributed by atoms with Gasteiger partial charge in [0, 0.05) is 0 Å². The van der Waals surface area contributed by atoms with E-state index in [1.165, 1.54) is 24.3 Å². The Morgan fingerprint density at radius 3 is 2.19 bits per heavy atom. The number of aldehydes is 1. The van der Waals surface area contributed by atoms with Crippen LogP contribution in [0, 0.1) is 0 Å². The van der Waals surface area contributed by atoms with Crippen molar-refractivity contribution in [2.24, 2.45) is 0 Å². The molecule has 0 aliphatic heterocycles. The maximum atomic E-state index is 12.8. The largest absolute Gasteiger partial charge is 0.481 e. The van der Waals surface area contributed by atoms with E-state index in [-0.39, 0.29) is 17.8 Å². The highest BCUT2D eigenvalue weighted by Crippen LogP contribution is 2.20. The number of sulfonamides is 1. The van der Waals surface area contributed by atoms with E-state index in [0.717, 1.165) is 5.56 Å². The summed E-state index contributed by atoms with van der Waals surface area (Å²) in [7, 11) is -4.20. The zero-order valence-electron chi connectivity index (χ0n) is 13.9. The Morgan fingerprint density at radius 2 is 1.65 bits per heavy atom. The molecule has 0 saturated carbocycles. The molecule has 26 heavy (non-hydrogen) atoms. The topological polar surface area (TPSA) is 101 Å². The molecule has 2 aromatic carbocycles. The molecule has 0 saturated heterocycles. The van der Waals surface area contributed by atoms with Crippen molar-refractivity contribution in [1.29, 1.82) is 0 Å². The summed E-state index contributed by atoms with van der Waals surface area (Å²) in [6, 6.07) is 15.2. The van der Waals surface area contributed by atoms with E-state index in [1.807, 2.05) is 30.3 Å². The van der Waals surface area contributed by atoms with Gasteiger partial charge in [0.15, 0.2) is 0 Å². The van der Waals surface area contributed by atoms with Crippen LogP contribution in [0.3, 0.4) is 0 Å². The second-order valence-corrected chi connectivity index (χ2v) is 7.23. The minimum absolute atomic E-state index is 0.0277. The first kappa shape index (κ1) is 19.8. The molecule has 0 aromatic heterocycles. The van der Waals surface area contributed by atoms with Gasteiger partial charge in [0.05, 0.1) is 17.9 Å². The molecule has 0 heterocycles. The standard InChI is InChI=1S/C18H19NO6S/c20-14-16(13-18(21)22)19(25-12-11-15-7-3-1-4-8-15)26(23,24)17-9-5-2-6-10-17/h1-10,14,16H,11-13H2,(H,21,22). The predicted molar refractivity (Wildman–Crippen MR) is 93.7 cm³/mol. The van der Waals surface area contributed by atoms with Gasteiger partial charge in [0.2, 0.25) is 0 Å². The van der Waals surface area contributed by atoms with E-state index in [0.29, 0.717) is 10.9 Å². The molecule has 0 radical (unpaired) electrons. The number of carbonyl (C=O) groups excluding carboxylic acids is 1. The average Bonchev–Trinajstić information content (AvgIpc) is 2.65. The van der Waals surface area contributed by atoms with Crippen LogP contribution in [0.15, 0.2) is 65.6 Å². The second-order valence-electron chi connectivity index (χ2n) is 5.44. The second kappa shape index (κ2) is 9.23. The molecule has 8 heteroatoms. The maximum Gasteiger partial charge on any atom is 0.305 e. The van der Waals surface area contributed by atoms with Gasteiger partial charge in [-0.1, -0.05) is 53.0 Å². The third-order valence-electron chi connectivity index (χ3n) is 3.54. The lowest BCUT2D eigenvalue weighted by atomic mass is 10.2. The molecule has 2 rings (SSSR count).